The largest absolute Gasteiger partial charge is 0.395 e. The lowest BCUT2D eigenvalue weighted by atomic mass is 10.1. The smallest absolute Gasteiger partial charge is 0.253 e. The van der Waals surface area contributed by atoms with Gasteiger partial charge in [-0.1, -0.05) is 17.9 Å². The first-order valence-corrected chi connectivity index (χ1v) is 7.27. The molecule has 0 radical (unpaired) electrons. The highest BCUT2D eigenvalue weighted by Crippen LogP contribution is 2.21. The molecule has 4 heteroatoms. The zero-order valence-electron chi connectivity index (χ0n) is 12.5. The van der Waals surface area contributed by atoms with Gasteiger partial charge in [0.25, 0.3) is 5.91 Å². The monoisotopic (exact) mass is 287 g/mol. The lowest BCUT2D eigenvalue weighted by Gasteiger charge is -2.12. The molecular formula is C17H21NO3. The molecule has 1 saturated heterocycles. The summed E-state index contributed by atoms with van der Waals surface area (Å²) in [6, 6.07) is 5.65. The number of amides is 1. The number of carbonyl (C=O) groups excluding carboxylic acids is 1. The Balaban J connectivity index is 2.05. The molecule has 1 heterocycles. The lowest BCUT2D eigenvalue weighted by molar-refractivity contribution is -0.126. The molecule has 2 N–H and O–H groups in total. The first-order valence-electron chi connectivity index (χ1n) is 7.27. The van der Waals surface area contributed by atoms with E-state index in [1.165, 1.54) is 0 Å². The fraction of sp³-hybridized carbons (Fsp3) is 0.471. The van der Waals surface area contributed by atoms with Crippen molar-refractivity contribution in [2.75, 3.05) is 11.9 Å². The summed E-state index contributed by atoms with van der Waals surface area (Å²) in [5.41, 5.74) is 2.63. The molecule has 2 rings (SSSR count). The highest BCUT2D eigenvalue weighted by molar-refractivity contribution is 5.94. The van der Waals surface area contributed by atoms with E-state index in [0.29, 0.717) is 6.42 Å². The number of hydrogen-bond donors (Lipinski definition) is 2. The number of aryl methyl sites for hydroxylation is 1. The van der Waals surface area contributed by atoms with E-state index in [1.54, 1.807) is 0 Å². The average Bonchev–Trinajstić information content (AvgIpc) is 2.89. The molecule has 4 nitrogen and oxygen atoms in total. The molecule has 0 saturated carbocycles. The van der Waals surface area contributed by atoms with Gasteiger partial charge in [-0.15, -0.1) is 0 Å². The predicted molar refractivity (Wildman–Crippen MR) is 82.0 cm³/mol. The molecule has 0 aromatic heterocycles. The lowest BCUT2D eigenvalue weighted by Crippen LogP contribution is -2.27. The van der Waals surface area contributed by atoms with Crippen LogP contribution in [0.2, 0.25) is 0 Å². The van der Waals surface area contributed by atoms with Crippen LogP contribution in [-0.4, -0.2) is 29.8 Å². The van der Waals surface area contributed by atoms with Crippen molar-refractivity contribution < 1.29 is 14.6 Å². The summed E-state index contributed by atoms with van der Waals surface area (Å²) < 4.78 is 5.56. The van der Waals surface area contributed by atoms with Gasteiger partial charge in [0.05, 0.1) is 12.7 Å². The topological polar surface area (TPSA) is 58.6 Å². The molecule has 1 aromatic rings. The van der Waals surface area contributed by atoms with Gasteiger partial charge in [0.1, 0.15) is 6.10 Å². The number of carbonyl (C=O) groups is 1. The van der Waals surface area contributed by atoms with E-state index in [9.17, 15) is 4.79 Å². The van der Waals surface area contributed by atoms with Crippen molar-refractivity contribution in [3.8, 4) is 11.8 Å². The third kappa shape index (κ3) is 4.32. The van der Waals surface area contributed by atoms with E-state index in [1.807, 2.05) is 32.0 Å². The molecule has 0 aliphatic carbocycles. The van der Waals surface area contributed by atoms with Gasteiger partial charge >= 0.3 is 0 Å². The third-order valence-electron chi connectivity index (χ3n) is 3.49. The fourth-order valence-corrected chi connectivity index (χ4v) is 2.27. The van der Waals surface area contributed by atoms with Crippen LogP contribution in [0, 0.1) is 18.8 Å². The molecular weight excluding hydrogens is 266 g/mol. The van der Waals surface area contributed by atoms with E-state index in [0.717, 1.165) is 29.7 Å². The highest BCUT2D eigenvalue weighted by atomic mass is 16.5. The van der Waals surface area contributed by atoms with Gasteiger partial charge in [0.2, 0.25) is 0 Å². The van der Waals surface area contributed by atoms with Gasteiger partial charge in [0.15, 0.2) is 0 Å². The molecule has 21 heavy (non-hydrogen) atoms. The van der Waals surface area contributed by atoms with Crippen molar-refractivity contribution in [3.05, 3.63) is 29.3 Å². The molecule has 1 aliphatic heterocycles. The van der Waals surface area contributed by atoms with E-state index in [2.05, 4.69) is 17.2 Å². The zero-order valence-corrected chi connectivity index (χ0v) is 12.5. The third-order valence-corrected chi connectivity index (χ3v) is 3.49. The number of benzene rings is 1. The molecule has 0 spiro atoms. The molecule has 1 amide bonds. The molecule has 1 aliphatic rings. The summed E-state index contributed by atoms with van der Waals surface area (Å²) in [7, 11) is 0. The van der Waals surface area contributed by atoms with E-state index in [-0.39, 0.29) is 24.7 Å². The van der Waals surface area contributed by atoms with Crippen molar-refractivity contribution in [2.24, 2.45) is 0 Å². The van der Waals surface area contributed by atoms with Crippen LogP contribution in [0.1, 0.15) is 37.3 Å². The second-order valence-electron chi connectivity index (χ2n) is 5.31. The van der Waals surface area contributed by atoms with Gasteiger partial charge in [0, 0.05) is 17.7 Å². The van der Waals surface area contributed by atoms with Gasteiger partial charge in [-0.3, -0.25) is 4.79 Å². The Labute approximate surface area is 125 Å². The van der Waals surface area contributed by atoms with Gasteiger partial charge < -0.3 is 15.2 Å². The first kappa shape index (κ1) is 15.6. The summed E-state index contributed by atoms with van der Waals surface area (Å²) in [5.74, 6) is 5.81. The Morgan fingerprint density at radius 1 is 1.48 bits per heavy atom. The standard InChI is InChI=1S/C17H21NO3/c1-12-6-8-15(11-14(12)5-3-4-10-19)18-17(20)16-9-7-13(2)21-16/h6,8,11,13,16,19H,4,7,9-10H2,1-2H3,(H,18,20). The number of hydrogen-bond acceptors (Lipinski definition) is 3. The van der Waals surface area contributed by atoms with Crippen LogP contribution in [0.4, 0.5) is 5.69 Å². The second kappa shape index (κ2) is 7.26. The Morgan fingerprint density at radius 3 is 2.95 bits per heavy atom. The maximum Gasteiger partial charge on any atom is 0.253 e. The van der Waals surface area contributed by atoms with Crippen LogP contribution in [0.5, 0.6) is 0 Å². The van der Waals surface area contributed by atoms with Gasteiger partial charge in [-0.2, -0.15) is 0 Å². The average molecular weight is 287 g/mol. The van der Waals surface area contributed by atoms with Crippen LogP contribution >= 0.6 is 0 Å². The molecule has 2 atom stereocenters. The highest BCUT2D eigenvalue weighted by Gasteiger charge is 2.28. The van der Waals surface area contributed by atoms with Crippen LogP contribution in [0.25, 0.3) is 0 Å². The summed E-state index contributed by atoms with van der Waals surface area (Å²) in [5, 5.41) is 11.6. The van der Waals surface area contributed by atoms with E-state index >= 15 is 0 Å². The maximum absolute atomic E-state index is 12.1. The summed E-state index contributed by atoms with van der Waals surface area (Å²) in [6.45, 7) is 4.00. The van der Waals surface area contributed by atoms with Crippen LogP contribution < -0.4 is 5.32 Å². The van der Waals surface area contributed by atoms with Crippen molar-refractivity contribution in [3.63, 3.8) is 0 Å². The number of nitrogens with one attached hydrogen (secondary N) is 1. The maximum atomic E-state index is 12.1. The minimum atomic E-state index is -0.356. The van der Waals surface area contributed by atoms with Gasteiger partial charge in [-0.25, -0.2) is 0 Å². The van der Waals surface area contributed by atoms with Crippen molar-refractivity contribution >= 4 is 11.6 Å². The number of anilines is 1. The van der Waals surface area contributed by atoms with Crippen LogP contribution in [-0.2, 0) is 9.53 Å². The second-order valence-corrected chi connectivity index (χ2v) is 5.31. The summed E-state index contributed by atoms with van der Waals surface area (Å²) in [4.78, 5) is 12.1. The minimum absolute atomic E-state index is 0.0552. The minimum Gasteiger partial charge on any atom is -0.395 e. The Bertz CT molecular complexity index is 571. The van der Waals surface area contributed by atoms with Crippen molar-refractivity contribution in [1.82, 2.24) is 0 Å². The van der Waals surface area contributed by atoms with Crippen molar-refractivity contribution in [1.29, 1.82) is 0 Å². The van der Waals surface area contributed by atoms with Crippen LogP contribution in [0.15, 0.2) is 18.2 Å². The van der Waals surface area contributed by atoms with Gasteiger partial charge in [-0.05, 0) is 44.4 Å². The fourth-order valence-electron chi connectivity index (χ4n) is 2.27. The molecule has 112 valence electrons. The van der Waals surface area contributed by atoms with E-state index < -0.39 is 0 Å². The normalized spacial score (nSPS) is 20.7. The van der Waals surface area contributed by atoms with E-state index in [4.69, 9.17) is 9.84 Å². The summed E-state index contributed by atoms with van der Waals surface area (Å²) >= 11 is 0. The van der Waals surface area contributed by atoms with Crippen molar-refractivity contribution in [2.45, 2.75) is 45.3 Å². The first-order chi connectivity index (χ1) is 10.1. The number of ether oxygens (including phenoxy) is 1. The molecule has 1 aromatic carbocycles. The number of rotatable bonds is 3. The Morgan fingerprint density at radius 2 is 2.29 bits per heavy atom. The van der Waals surface area contributed by atoms with Crippen LogP contribution in [0.3, 0.4) is 0 Å². The zero-order chi connectivity index (χ0) is 15.2. The Hall–Kier alpha value is -1.83. The SMILES string of the molecule is Cc1ccc(NC(=O)C2CCC(C)O2)cc1C#CCCO. The Kier molecular flexibility index (Phi) is 5.38. The number of aliphatic hydroxyl groups excluding tert-OH is 1. The predicted octanol–water partition coefficient (Wildman–Crippen LogP) is 2.23. The molecule has 1 fully saturated rings. The molecule has 0 bridgehead atoms. The molecule has 2 unspecified atom stereocenters. The number of aliphatic hydroxyl groups is 1. The summed E-state index contributed by atoms with van der Waals surface area (Å²) in [6.07, 6.45) is 1.93. The quantitative estimate of drug-likeness (QED) is 0.838.